The molecule has 0 aliphatic carbocycles. The second kappa shape index (κ2) is 7.74. The van der Waals surface area contributed by atoms with Crippen LogP contribution in [-0.2, 0) is 4.74 Å². The minimum Gasteiger partial charge on any atom is -0.394 e. The van der Waals surface area contributed by atoms with Gasteiger partial charge < -0.3 is 25.8 Å². The molecule has 0 radical (unpaired) electrons. The van der Waals surface area contributed by atoms with Crippen LogP contribution in [-0.4, -0.2) is 59.8 Å². The third kappa shape index (κ3) is 4.07. The van der Waals surface area contributed by atoms with Crippen LogP contribution in [0, 0.1) is 0 Å². The van der Waals surface area contributed by atoms with Gasteiger partial charge in [0.2, 0.25) is 0 Å². The van der Waals surface area contributed by atoms with E-state index in [0.29, 0.717) is 0 Å². The van der Waals surface area contributed by atoms with Crippen LogP contribution in [0.5, 0.6) is 0 Å². The normalized spacial score (nSPS) is 26.4. The zero-order chi connectivity index (χ0) is 16.8. The third-order valence-electron chi connectivity index (χ3n) is 3.12. The maximum atomic E-state index is 11.5. The fourth-order valence-corrected chi connectivity index (χ4v) is 1.98. The average Bonchev–Trinajstić information content (AvgIpc) is 2.85. The molecule has 0 aromatic carbocycles. The van der Waals surface area contributed by atoms with Gasteiger partial charge in [0.15, 0.2) is 6.23 Å². The van der Waals surface area contributed by atoms with E-state index in [1.54, 1.807) is 18.5 Å². The van der Waals surface area contributed by atoms with Crippen LogP contribution in [0.1, 0.15) is 6.23 Å². The van der Waals surface area contributed by atoms with Gasteiger partial charge in [0.05, 0.1) is 6.61 Å². The molecule has 3 rings (SSSR count). The molecule has 10 nitrogen and oxygen atoms in total. The molecule has 10 heteroatoms. The number of aliphatic hydroxyl groups excluding tert-OH is 3. The maximum Gasteiger partial charge on any atom is 0.351 e. The number of aliphatic hydroxyl groups is 3. The van der Waals surface area contributed by atoms with Crippen LogP contribution in [0.3, 0.4) is 0 Å². The van der Waals surface area contributed by atoms with Gasteiger partial charge in [-0.25, -0.2) is 14.8 Å². The summed E-state index contributed by atoms with van der Waals surface area (Å²) in [5.74, 6) is 0.0537. The van der Waals surface area contributed by atoms with Crippen molar-refractivity contribution in [2.75, 3.05) is 12.3 Å². The number of nitrogens with two attached hydrogens (primary N) is 1. The van der Waals surface area contributed by atoms with Crippen molar-refractivity contribution in [1.82, 2.24) is 19.5 Å². The Kier molecular flexibility index (Phi) is 5.71. The number of ether oxygens (including phenoxy) is 1. The maximum absolute atomic E-state index is 11.5. The largest absolute Gasteiger partial charge is 0.394 e. The van der Waals surface area contributed by atoms with Gasteiger partial charge in [-0.05, 0) is 12.1 Å². The van der Waals surface area contributed by atoms with Crippen molar-refractivity contribution in [1.29, 1.82) is 0 Å². The Balaban J connectivity index is 0.000000268. The van der Waals surface area contributed by atoms with Crippen LogP contribution in [0.2, 0.25) is 0 Å². The minimum atomic E-state index is -1.31. The summed E-state index contributed by atoms with van der Waals surface area (Å²) < 4.78 is 6.19. The summed E-state index contributed by atoms with van der Waals surface area (Å²) in [6.45, 7) is -0.453. The lowest BCUT2D eigenvalue weighted by molar-refractivity contribution is -0.0549. The van der Waals surface area contributed by atoms with Gasteiger partial charge in [0, 0.05) is 18.6 Å². The fraction of sp³-hybridized carbons (Fsp3) is 0.385. The van der Waals surface area contributed by atoms with E-state index in [0.717, 1.165) is 4.57 Å². The van der Waals surface area contributed by atoms with Gasteiger partial charge in [0.25, 0.3) is 0 Å². The van der Waals surface area contributed by atoms with Crippen molar-refractivity contribution in [3.8, 4) is 0 Å². The molecule has 4 atom stereocenters. The summed E-state index contributed by atoms with van der Waals surface area (Å²) in [6, 6.07) is 3.15. The number of aromatic nitrogens is 4. The van der Waals surface area contributed by atoms with Gasteiger partial charge in [-0.1, -0.05) is 0 Å². The number of rotatable bonds is 2. The van der Waals surface area contributed by atoms with Gasteiger partial charge in [-0.15, -0.1) is 0 Å². The van der Waals surface area contributed by atoms with E-state index in [-0.39, 0.29) is 5.82 Å². The summed E-state index contributed by atoms with van der Waals surface area (Å²) in [7, 11) is 0. The highest BCUT2D eigenvalue weighted by Crippen LogP contribution is 2.27. The van der Waals surface area contributed by atoms with Crippen molar-refractivity contribution in [3.05, 3.63) is 47.5 Å². The second-order valence-corrected chi connectivity index (χ2v) is 4.68. The minimum absolute atomic E-state index is 0.0537. The van der Waals surface area contributed by atoms with Crippen molar-refractivity contribution in [2.45, 2.75) is 24.5 Å². The Bertz CT molecular complexity index is 641. The first-order valence-electron chi connectivity index (χ1n) is 6.71. The van der Waals surface area contributed by atoms with Crippen molar-refractivity contribution in [3.63, 3.8) is 0 Å². The molecule has 1 saturated heterocycles. The number of nitrogen functional groups attached to an aromatic ring is 1. The second-order valence-electron chi connectivity index (χ2n) is 4.68. The molecule has 0 saturated carbocycles. The monoisotopic (exact) mass is 323 g/mol. The van der Waals surface area contributed by atoms with Gasteiger partial charge >= 0.3 is 5.69 Å². The van der Waals surface area contributed by atoms with Crippen LogP contribution in [0.25, 0.3) is 0 Å². The van der Waals surface area contributed by atoms with Crippen LogP contribution in [0.4, 0.5) is 5.82 Å². The summed E-state index contributed by atoms with van der Waals surface area (Å²) in [4.78, 5) is 22.3. The van der Waals surface area contributed by atoms with E-state index in [9.17, 15) is 15.0 Å². The molecule has 1 fully saturated rings. The van der Waals surface area contributed by atoms with E-state index < -0.39 is 36.8 Å². The van der Waals surface area contributed by atoms with Crippen molar-refractivity contribution in [2.24, 2.45) is 0 Å². The first kappa shape index (κ1) is 17.0. The standard InChI is InChI=1S/C9H13N3O5.C4H4N2/c10-5-1-2-12(9(16)11-5)8-7(15)6(14)4(3-13)17-8;1-2-5-4-6-3-1/h1-2,4,6-8,13-15H,3H2,(H2,10,11,16);1-4H/t4-,6-,7-,8-;/m1./s1. The summed E-state index contributed by atoms with van der Waals surface area (Å²) in [5.41, 5.74) is 4.63. The van der Waals surface area contributed by atoms with E-state index in [1.807, 2.05) is 0 Å². The Morgan fingerprint density at radius 2 is 1.96 bits per heavy atom. The van der Waals surface area contributed by atoms with Crippen molar-refractivity contribution >= 4 is 5.82 Å². The Hall–Kier alpha value is -2.40. The zero-order valence-corrected chi connectivity index (χ0v) is 12.0. The number of hydrogen-bond donors (Lipinski definition) is 4. The summed E-state index contributed by atoms with van der Waals surface area (Å²) >= 11 is 0. The molecule has 3 heterocycles. The topological polar surface area (TPSA) is 157 Å². The molecule has 0 bridgehead atoms. The highest BCUT2D eigenvalue weighted by molar-refractivity contribution is 5.23. The Morgan fingerprint density at radius 1 is 1.26 bits per heavy atom. The average molecular weight is 323 g/mol. The van der Waals surface area contributed by atoms with Crippen LogP contribution < -0.4 is 11.4 Å². The van der Waals surface area contributed by atoms with Gasteiger partial charge in [-0.2, -0.15) is 4.98 Å². The van der Waals surface area contributed by atoms with E-state index in [2.05, 4.69) is 15.0 Å². The molecule has 5 N–H and O–H groups in total. The predicted octanol–water partition coefficient (Wildman–Crippen LogP) is -2.09. The highest BCUT2D eigenvalue weighted by Gasteiger charge is 2.43. The first-order valence-corrected chi connectivity index (χ1v) is 6.71. The lowest BCUT2D eigenvalue weighted by Gasteiger charge is -2.16. The van der Waals surface area contributed by atoms with Gasteiger partial charge in [0.1, 0.15) is 30.5 Å². The lowest BCUT2D eigenvalue weighted by Crippen LogP contribution is -2.36. The number of hydrogen-bond acceptors (Lipinski definition) is 9. The van der Waals surface area contributed by atoms with E-state index in [4.69, 9.17) is 15.6 Å². The Labute approximate surface area is 130 Å². The lowest BCUT2D eigenvalue weighted by atomic mass is 10.1. The molecular formula is C13H17N5O5. The first-order chi connectivity index (χ1) is 11.0. The fourth-order valence-electron chi connectivity index (χ4n) is 1.98. The van der Waals surface area contributed by atoms with E-state index >= 15 is 0 Å². The van der Waals surface area contributed by atoms with Crippen molar-refractivity contribution < 1.29 is 20.1 Å². The quantitative estimate of drug-likeness (QED) is 0.486. The molecule has 2 aromatic rings. The molecule has 23 heavy (non-hydrogen) atoms. The predicted molar refractivity (Wildman–Crippen MR) is 78.0 cm³/mol. The van der Waals surface area contributed by atoms with Crippen LogP contribution in [0.15, 0.2) is 41.8 Å². The molecule has 0 unspecified atom stereocenters. The smallest absolute Gasteiger partial charge is 0.351 e. The molecule has 0 amide bonds. The van der Waals surface area contributed by atoms with Crippen LogP contribution >= 0.6 is 0 Å². The molecule has 1 aliphatic heterocycles. The third-order valence-corrected chi connectivity index (χ3v) is 3.12. The zero-order valence-electron chi connectivity index (χ0n) is 12.0. The highest BCUT2D eigenvalue weighted by atomic mass is 16.6. The molecule has 124 valence electrons. The van der Waals surface area contributed by atoms with E-state index in [1.165, 1.54) is 18.6 Å². The summed E-state index contributed by atoms with van der Waals surface area (Å²) in [5, 5.41) is 28.2. The molecular weight excluding hydrogens is 306 g/mol. The number of nitrogens with zero attached hydrogens (tertiary/aromatic N) is 4. The Morgan fingerprint density at radius 3 is 2.39 bits per heavy atom. The number of anilines is 1. The molecule has 2 aromatic heterocycles. The van der Waals surface area contributed by atoms with Gasteiger partial charge in [-0.3, -0.25) is 4.57 Å². The summed E-state index contributed by atoms with van der Waals surface area (Å²) in [6.07, 6.45) is 1.61. The molecule has 1 aliphatic rings. The SMILES string of the molecule is Nc1ccn([C@@H]2O[C@H](CO)[C@@H](O)[C@H]2O)c(=O)n1.c1cncnc1. The molecule has 0 spiro atoms.